The third-order valence-corrected chi connectivity index (χ3v) is 6.66. The molecule has 7 heteroatoms. The maximum absolute atomic E-state index is 12.7. The van der Waals surface area contributed by atoms with Crippen LogP contribution in [0.4, 0.5) is 10.5 Å². The Morgan fingerprint density at radius 1 is 1.38 bits per heavy atom. The van der Waals surface area contributed by atoms with Crippen molar-refractivity contribution in [3.8, 4) is 0 Å². The zero-order valence-corrected chi connectivity index (χ0v) is 18.6. The lowest BCUT2D eigenvalue weighted by atomic mass is 9.79. The SMILES string of the molecule is CCN1c2ccc(/C=C3/SC(=O)N([C@@H](C)C(=O)OC)C3=O)cc2[C@H](C)CC1(C)C. The lowest BCUT2D eigenvalue weighted by Crippen LogP contribution is -2.48. The predicted molar refractivity (Wildman–Crippen MR) is 116 cm³/mol. The zero-order chi connectivity index (χ0) is 21.5. The second-order valence-corrected chi connectivity index (χ2v) is 9.22. The van der Waals surface area contributed by atoms with Crippen LogP contribution in [0.1, 0.15) is 58.1 Å². The third-order valence-electron chi connectivity index (χ3n) is 5.78. The summed E-state index contributed by atoms with van der Waals surface area (Å²) in [7, 11) is 1.24. The minimum absolute atomic E-state index is 0.0926. The molecule has 1 saturated heterocycles. The maximum Gasteiger partial charge on any atom is 0.328 e. The molecule has 3 rings (SSSR count). The van der Waals surface area contributed by atoms with E-state index in [9.17, 15) is 14.4 Å². The van der Waals surface area contributed by atoms with Crippen molar-refractivity contribution in [2.75, 3.05) is 18.6 Å². The molecule has 156 valence electrons. The molecule has 2 aliphatic heterocycles. The van der Waals surface area contributed by atoms with Gasteiger partial charge in [-0.3, -0.25) is 14.5 Å². The third kappa shape index (κ3) is 3.80. The molecule has 0 bridgehead atoms. The fraction of sp³-hybridized carbons (Fsp3) is 0.500. The van der Waals surface area contributed by atoms with Crippen molar-refractivity contribution in [3.63, 3.8) is 0 Å². The summed E-state index contributed by atoms with van der Waals surface area (Å²) in [5, 5.41) is -0.454. The van der Waals surface area contributed by atoms with E-state index < -0.39 is 23.2 Å². The Bertz CT molecular complexity index is 893. The van der Waals surface area contributed by atoms with Crippen molar-refractivity contribution in [3.05, 3.63) is 34.2 Å². The molecule has 29 heavy (non-hydrogen) atoms. The monoisotopic (exact) mass is 416 g/mol. The summed E-state index contributed by atoms with van der Waals surface area (Å²) in [6.07, 6.45) is 2.78. The molecule has 1 aromatic carbocycles. The molecule has 0 saturated carbocycles. The van der Waals surface area contributed by atoms with Gasteiger partial charge in [-0.15, -0.1) is 0 Å². The molecule has 0 N–H and O–H groups in total. The average molecular weight is 417 g/mol. The molecule has 0 unspecified atom stereocenters. The molecule has 0 aliphatic carbocycles. The summed E-state index contributed by atoms with van der Waals surface area (Å²) in [6, 6.07) is 5.24. The van der Waals surface area contributed by atoms with E-state index in [0.717, 1.165) is 35.2 Å². The molecule has 0 radical (unpaired) electrons. The number of carbonyl (C=O) groups is 3. The number of nitrogens with zero attached hydrogens (tertiary/aromatic N) is 2. The van der Waals surface area contributed by atoms with Crippen LogP contribution in [0, 0.1) is 0 Å². The number of hydrogen-bond donors (Lipinski definition) is 0. The highest BCUT2D eigenvalue weighted by molar-refractivity contribution is 8.18. The maximum atomic E-state index is 12.7. The highest BCUT2D eigenvalue weighted by atomic mass is 32.2. The van der Waals surface area contributed by atoms with Gasteiger partial charge in [0.25, 0.3) is 11.1 Å². The van der Waals surface area contributed by atoms with Crippen LogP contribution < -0.4 is 4.90 Å². The lowest BCUT2D eigenvalue weighted by molar-refractivity contribution is -0.148. The Balaban J connectivity index is 1.93. The van der Waals surface area contributed by atoms with Crippen molar-refractivity contribution in [2.24, 2.45) is 0 Å². The summed E-state index contributed by atoms with van der Waals surface area (Å²) < 4.78 is 4.67. The van der Waals surface area contributed by atoms with Crippen molar-refractivity contribution >= 4 is 40.6 Å². The molecular weight excluding hydrogens is 388 g/mol. The van der Waals surface area contributed by atoms with Crippen LogP contribution in [0.2, 0.25) is 0 Å². The van der Waals surface area contributed by atoms with Gasteiger partial charge < -0.3 is 9.64 Å². The average Bonchev–Trinajstić information content (AvgIpc) is 2.93. The van der Waals surface area contributed by atoms with Crippen molar-refractivity contribution < 1.29 is 19.1 Å². The van der Waals surface area contributed by atoms with Gasteiger partial charge in [-0.2, -0.15) is 0 Å². The van der Waals surface area contributed by atoms with Crippen molar-refractivity contribution in [2.45, 2.75) is 58.5 Å². The van der Waals surface area contributed by atoms with E-state index in [0.29, 0.717) is 10.8 Å². The Labute approximate surface area is 176 Å². The van der Waals surface area contributed by atoms with E-state index in [1.165, 1.54) is 25.3 Å². The second kappa shape index (κ2) is 7.86. The summed E-state index contributed by atoms with van der Waals surface area (Å²) in [5.41, 5.74) is 3.44. The van der Waals surface area contributed by atoms with Crippen LogP contribution >= 0.6 is 11.8 Å². The van der Waals surface area contributed by atoms with Gasteiger partial charge in [0.1, 0.15) is 6.04 Å². The molecule has 2 aliphatic rings. The first-order valence-corrected chi connectivity index (χ1v) is 10.7. The number of esters is 1. The van der Waals surface area contributed by atoms with Gasteiger partial charge in [0.15, 0.2) is 0 Å². The van der Waals surface area contributed by atoms with Crippen LogP contribution in [0.25, 0.3) is 6.08 Å². The molecule has 0 spiro atoms. The van der Waals surface area contributed by atoms with Crippen LogP contribution in [-0.4, -0.2) is 47.3 Å². The lowest BCUT2D eigenvalue weighted by Gasteiger charge is -2.47. The molecule has 1 fully saturated rings. The van der Waals surface area contributed by atoms with Crippen LogP contribution in [0.15, 0.2) is 23.1 Å². The fourth-order valence-electron chi connectivity index (χ4n) is 4.44. The quantitative estimate of drug-likeness (QED) is 0.535. The van der Waals surface area contributed by atoms with Gasteiger partial charge in [-0.25, -0.2) is 4.79 Å². The number of ether oxygens (including phenoxy) is 1. The first-order valence-electron chi connectivity index (χ1n) is 9.87. The molecule has 2 heterocycles. The number of benzene rings is 1. The van der Waals surface area contributed by atoms with E-state index in [1.807, 2.05) is 6.07 Å². The van der Waals surface area contributed by atoms with Gasteiger partial charge in [-0.05, 0) is 81.1 Å². The van der Waals surface area contributed by atoms with E-state index in [1.54, 1.807) is 6.08 Å². The van der Waals surface area contributed by atoms with E-state index in [2.05, 4.69) is 49.5 Å². The highest BCUT2D eigenvalue weighted by Gasteiger charge is 2.41. The first kappa shape index (κ1) is 21.4. The number of anilines is 1. The number of carbonyl (C=O) groups excluding carboxylic acids is 3. The predicted octanol–water partition coefficient (Wildman–Crippen LogP) is 4.40. The molecule has 1 aromatic rings. The minimum atomic E-state index is -0.942. The van der Waals surface area contributed by atoms with E-state index in [-0.39, 0.29) is 5.54 Å². The number of hydrogen-bond acceptors (Lipinski definition) is 6. The smallest absolute Gasteiger partial charge is 0.328 e. The van der Waals surface area contributed by atoms with E-state index in [4.69, 9.17) is 0 Å². The number of methoxy groups -OCH3 is 1. The van der Waals surface area contributed by atoms with Crippen LogP contribution in [0.3, 0.4) is 0 Å². The standard InChI is InChI=1S/C22H28N2O4S/c1-7-23-17-9-8-15(10-16(17)13(2)12-22(23,4)5)11-18-19(25)24(21(27)29-18)14(3)20(26)28-6/h8-11,13-14H,7,12H2,1-6H3/b18-11+/t13-,14+/m1/s1. The second-order valence-electron chi connectivity index (χ2n) is 8.23. The van der Waals surface area contributed by atoms with Crippen molar-refractivity contribution in [1.82, 2.24) is 4.90 Å². The molecule has 0 aromatic heterocycles. The highest BCUT2D eigenvalue weighted by Crippen LogP contribution is 2.44. The fourth-order valence-corrected chi connectivity index (χ4v) is 5.35. The zero-order valence-electron chi connectivity index (χ0n) is 17.8. The summed E-state index contributed by atoms with van der Waals surface area (Å²) in [6.45, 7) is 11.3. The Morgan fingerprint density at radius 3 is 2.69 bits per heavy atom. The largest absolute Gasteiger partial charge is 0.467 e. The Morgan fingerprint density at radius 2 is 2.07 bits per heavy atom. The van der Waals surface area contributed by atoms with Crippen LogP contribution in [-0.2, 0) is 14.3 Å². The van der Waals surface area contributed by atoms with Gasteiger partial charge in [0, 0.05) is 17.8 Å². The Kier molecular flexibility index (Phi) is 5.81. The normalized spacial score (nSPS) is 23.4. The number of imide groups is 1. The molecule has 2 amide bonds. The number of amides is 2. The number of thioether (sulfide) groups is 1. The minimum Gasteiger partial charge on any atom is -0.467 e. The number of rotatable bonds is 4. The summed E-state index contributed by atoms with van der Waals surface area (Å²) >= 11 is 0.856. The summed E-state index contributed by atoms with van der Waals surface area (Å²) in [4.78, 5) is 40.5. The van der Waals surface area contributed by atoms with Gasteiger partial charge in [0.2, 0.25) is 0 Å². The first-order chi connectivity index (χ1) is 13.6. The van der Waals surface area contributed by atoms with Gasteiger partial charge >= 0.3 is 5.97 Å². The molecular formula is C22H28N2O4S. The van der Waals surface area contributed by atoms with Crippen LogP contribution in [0.5, 0.6) is 0 Å². The Hall–Kier alpha value is -2.28. The van der Waals surface area contributed by atoms with Crippen molar-refractivity contribution in [1.29, 1.82) is 0 Å². The van der Waals surface area contributed by atoms with E-state index >= 15 is 0 Å². The summed E-state index contributed by atoms with van der Waals surface area (Å²) in [5.74, 6) is -0.677. The number of fused-ring (bicyclic) bond motifs is 1. The topological polar surface area (TPSA) is 66.9 Å². The van der Waals surface area contributed by atoms with Gasteiger partial charge in [0.05, 0.1) is 12.0 Å². The molecule has 2 atom stereocenters. The molecule has 6 nitrogen and oxygen atoms in total. The van der Waals surface area contributed by atoms with Gasteiger partial charge in [-0.1, -0.05) is 13.0 Å².